The van der Waals surface area contributed by atoms with Gasteiger partial charge in [-0.15, -0.1) is 12.4 Å². The molecular formula is C73H88Cl7N3O28P4S. The Morgan fingerprint density at radius 3 is 1.03 bits per heavy atom. The number of fused-ring (bicyclic) bond motifs is 3. The van der Waals surface area contributed by atoms with Crippen LogP contribution in [0.25, 0.3) is 66.9 Å². The molecule has 0 bridgehead atoms. The number of phenolic OH excluding ortho intramolecular Hbond substituents is 4. The molecule has 3 aromatic heterocycles. The first-order chi connectivity index (χ1) is 53.6. The molecule has 0 radical (unpaired) electrons. The van der Waals surface area contributed by atoms with E-state index in [1.807, 2.05) is 35.8 Å². The Bertz CT molecular complexity index is 5220. The molecule has 3 saturated heterocycles. The Balaban J connectivity index is 0.000000242. The van der Waals surface area contributed by atoms with Gasteiger partial charge in [0.05, 0.1) is 33.4 Å². The van der Waals surface area contributed by atoms with Crippen LogP contribution in [0.4, 0.5) is 0 Å². The number of phenols is 4. The van der Waals surface area contributed by atoms with E-state index in [0.717, 1.165) is 18.7 Å². The summed E-state index contributed by atoms with van der Waals surface area (Å²) in [7, 11) is -6.24. The molecule has 0 aliphatic carbocycles. The maximum atomic E-state index is 13.1. The van der Waals surface area contributed by atoms with Crippen molar-refractivity contribution in [3.8, 4) is 68.5 Å². The number of aromatic hydroxyl groups is 4. The predicted octanol–water partition coefficient (Wildman–Crippen LogP) is 14.2. The summed E-state index contributed by atoms with van der Waals surface area (Å²) in [4.78, 5) is 70.9. The summed E-state index contributed by atoms with van der Waals surface area (Å²) in [6.07, 6.45) is -0.780. The third-order valence-corrected chi connectivity index (χ3v) is 21.5. The van der Waals surface area contributed by atoms with Crippen LogP contribution < -0.4 is 25.8 Å². The molecule has 0 unspecified atom stereocenters. The third kappa shape index (κ3) is 28.6. The zero-order valence-corrected chi connectivity index (χ0v) is 73.3. The smallest absolute Gasteiger partial charge is 0.472 e. The molecule has 0 spiro atoms. The molecule has 0 saturated carbocycles. The lowest BCUT2D eigenvalue weighted by Crippen LogP contribution is -2.40. The summed E-state index contributed by atoms with van der Waals surface area (Å²) in [5.41, 5.74) is 1.31. The molecule has 116 heavy (non-hydrogen) atoms. The fraction of sp³-hybridized carbons (Fsp3) is 0.384. The van der Waals surface area contributed by atoms with Crippen LogP contribution in [0.3, 0.4) is 0 Å². The van der Waals surface area contributed by atoms with Crippen LogP contribution in [-0.2, 0) is 45.3 Å². The summed E-state index contributed by atoms with van der Waals surface area (Å²) in [6, 6.07) is 27.6. The molecule has 10 N–H and O–H groups in total. The maximum absolute atomic E-state index is 13.1. The van der Waals surface area contributed by atoms with Crippen molar-refractivity contribution in [1.82, 2.24) is 14.7 Å². The Hall–Kier alpha value is -5.87. The number of ether oxygens (including phenoxy) is 2. The Labute approximate surface area is 702 Å². The molecule has 3 aliphatic heterocycles. The zero-order chi connectivity index (χ0) is 85.6. The number of phosphoric ester groups is 1. The van der Waals surface area contributed by atoms with Crippen molar-refractivity contribution in [2.24, 2.45) is 0 Å². The van der Waals surface area contributed by atoms with E-state index in [1.165, 1.54) is 64.3 Å². The summed E-state index contributed by atoms with van der Waals surface area (Å²) in [6.45, 7) is 10.6. The van der Waals surface area contributed by atoms with E-state index in [1.54, 1.807) is 72.8 Å². The van der Waals surface area contributed by atoms with Crippen LogP contribution >= 0.6 is 111 Å². The number of nitrogens with zero attached hydrogens (tertiary/aromatic N) is 3. The van der Waals surface area contributed by atoms with Gasteiger partial charge in [-0.25, -0.2) is 13.3 Å². The number of phosphoric acid groups is 1. The first-order valence-electron chi connectivity index (χ1n) is 34.5. The molecule has 3 aliphatic rings. The van der Waals surface area contributed by atoms with Gasteiger partial charge >= 0.3 is 17.2 Å². The van der Waals surface area contributed by atoms with Gasteiger partial charge < -0.3 is 92.4 Å². The molecule has 31 nitrogen and oxygen atoms in total. The second-order valence-corrected chi connectivity index (χ2v) is 40.7. The van der Waals surface area contributed by atoms with Crippen molar-refractivity contribution >= 4 is 153 Å². The van der Waals surface area contributed by atoms with Gasteiger partial charge in [0.25, 0.3) is 0 Å². The van der Waals surface area contributed by atoms with Gasteiger partial charge in [-0.05, 0) is 96.4 Å². The number of aliphatic hydroxyl groups excluding tert-OH is 3. The van der Waals surface area contributed by atoms with E-state index in [9.17, 15) is 76.8 Å². The highest BCUT2D eigenvalue weighted by molar-refractivity contribution is 8.10. The average Bonchev–Trinajstić information content (AvgIpc) is 0.755. The third-order valence-electron chi connectivity index (χ3n) is 17.4. The Morgan fingerprint density at radius 1 is 0.466 bits per heavy atom. The van der Waals surface area contributed by atoms with E-state index < -0.39 is 110 Å². The van der Waals surface area contributed by atoms with E-state index in [-0.39, 0.29) is 110 Å². The summed E-state index contributed by atoms with van der Waals surface area (Å²) in [5, 5.41) is 75.5. The topological polar surface area (TPSA) is 460 Å². The minimum absolute atomic E-state index is 0. The fourth-order valence-electron chi connectivity index (χ4n) is 12.5. The highest BCUT2D eigenvalue weighted by atomic mass is 35.7. The quantitative estimate of drug-likeness (QED) is 0.0165. The molecular weight excluding hydrogens is 1770 g/mol. The maximum Gasteiger partial charge on any atom is 0.472 e. The van der Waals surface area contributed by atoms with Crippen molar-refractivity contribution in [2.75, 3.05) is 126 Å². The molecule has 6 aromatic carbocycles. The molecule has 3 fully saturated rings. The van der Waals surface area contributed by atoms with Gasteiger partial charge in [-0.3, -0.25) is 32.6 Å². The van der Waals surface area contributed by atoms with Crippen LogP contribution in [-0.4, -0.2) is 218 Å². The molecule has 638 valence electrons. The van der Waals surface area contributed by atoms with Gasteiger partial charge in [0.2, 0.25) is 0 Å². The van der Waals surface area contributed by atoms with Crippen molar-refractivity contribution in [2.45, 2.75) is 55.3 Å². The van der Waals surface area contributed by atoms with Gasteiger partial charge in [0.1, 0.15) is 96.8 Å². The number of likely N-dealkylation sites (tertiary alicyclic amines) is 3. The number of likely N-dealkylation sites (N-methyl/N-ethyl adjacent to an activating group) is 3. The van der Waals surface area contributed by atoms with Crippen molar-refractivity contribution in [1.29, 1.82) is 0 Å². The molecule has 12 rings (SSSR count). The molecule has 0 amide bonds. The second-order valence-electron chi connectivity index (χ2n) is 27.5. The number of β-amino-alcohol motifs (C(OH)–C–C–N with tert-alkyl or cyclic N) is 3. The lowest BCUT2D eigenvalue weighted by molar-refractivity contribution is 0.0577. The van der Waals surface area contributed by atoms with Crippen LogP contribution in [0.5, 0.6) is 34.5 Å². The Morgan fingerprint density at radius 2 is 0.767 bits per heavy atom. The first kappa shape index (κ1) is 99.0. The number of hydrogen-bond acceptors (Lipinski definition) is 28. The highest BCUT2D eigenvalue weighted by Crippen LogP contribution is 2.49. The number of alkyl halides is 2. The molecule has 43 heteroatoms. The van der Waals surface area contributed by atoms with Gasteiger partial charge in [-0.2, -0.15) is 8.42 Å². The molecule has 6 heterocycles. The normalized spacial score (nSPS) is 18.3. The average molecular weight is 1860 g/mol. The predicted molar refractivity (Wildman–Crippen MR) is 449 cm³/mol. The van der Waals surface area contributed by atoms with E-state index in [4.69, 9.17) is 99.9 Å². The van der Waals surface area contributed by atoms with Crippen LogP contribution in [0.15, 0.2) is 137 Å². The highest BCUT2D eigenvalue weighted by Gasteiger charge is 2.38. The largest absolute Gasteiger partial charge is 0.507 e. The summed E-state index contributed by atoms with van der Waals surface area (Å²) in [5.74, 6) is -2.02. The first-order valence-corrected chi connectivity index (χ1v) is 48.0. The number of hydrogen-bond donors (Lipinski definition) is 10. The van der Waals surface area contributed by atoms with Gasteiger partial charge in [0.15, 0.2) is 52.0 Å². The van der Waals surface area contributed by atoms with Crippen molar-refractivity contribution in [3.63, 3.8) is 0 Å². The number of halogens is 7. The minimum atomic E-state index is -4.82. The summed E-state index contributed by atoms with van der Waals surface area (Å²) >= 11 is 28.8. The van der Waals surface area contributed by atoms with E-state index in [2.05, 4.69) is 23.9 Å². The number of aliphatic hydroxyl groups is 3. The summed E-state index contributed by atoms with van der Waals surface area (Å²) < 4.78 is 110. The SMILES string of the molecule is CN1CC[C@H](c2c(O)cc(O)c3c(=O)cc(-c4ccccc4Cl)oc23)[C@H](O)C1.CN1CC[C@H](c2c(OCOP(=O)(O)O)cc(O)c3c(=O)cc(-c4ccccc4Cl)oc23)[C@H](O)C1.CN1CC[C@H](c2c(OCOP(C)(C)=O)cc(O)c3c(=O)cc(-c4ccccc4Cl)oc23)[C@H](O)C1.CP(C)(=O)O.CP(C)(=O)OCCl.Cl.O=S(=O)(Cl)OCCl. The van der Waals surface area contributed by atoms with Crippen LogP contribution in [0.1, 0.15) is 53.7 Å². The van der Waals surface area contributed by atoms with E-state index in [0.29, 0.717) is 94.9 Å². The second kappa shape index (κ2) is 43.1. The van der Waals surface area contributed by atoms with Crippen molar-refractivity contribution in [3.05, 3.63) is 172 Å². The van der Waals surface area contributed by atoms with Crippen LogP contribution in [0.2, 0.25) is 15.1 Å². The monoisotopic (exact) mass is 1860 g/mol. The molecule has 9 aromatic rings. The lowest BCUT2D eigenvalue weighted by atomic mass is 9.85. The number of piperidine rings is 3. The standard InChI is InChI=1S/C24H27ClNO7P.C22H23ClNO9P.C21H20ClNO5.C3H8ClO2P.C2H7O2P.CH2Cl2O3S.ClH/c1-26-9-8-15(19(29)12-26)22-21(31-13-32-34(2,3)30)11-18(28)23-17(27)10-20(33-24(22)23)14-6-4-5-7-16(14)25;1-24-7-6-13(17(27)10-24)20-19(31-11-32-34(28,29)30)9-16(26)21-15(25)8-18(33-22(20)21)12-4-2-3-5-14(12)23;1-23-7-6-12(17(27)10-23)19-14(24)8-15(25)20-16(26)9-18(28-21(19)20)11-4-2-3-5-13(11)22;1-7(2,5)6-3-4;1-5(2,3)4;2-1-6-7(3,4)5;/h4-7,10-11,15,19,28-29H,8-9,12-13H2,1-3H3;2-5,8-9,13,17,26-27H,6-7,10-11H2,1H3,(H2,28,29,30);2-5,8-9,12,17,24-25,27H,6-7,10H2,1H3;3H2,1-2H3;1-2H3,(H,3,4);1H2;1H/t15-,19+;13-,17+;12-,17+;;;;/m000..../s1. The van der Waals surface area contributed by atoms with Crippen molar-refractivity contribution < 1.29 is 118 Å². The van der Waals surface area contributed by atoms with Crippen LogP contribution in [0, 0.1) is 0 Å². The zero-order valence-electron chi connectivity index (χ0n) is 63.6. The molecule has 6 atom stereocenters. The number of benzene rings is 6. The minimum Gasteiger partial charge on any atom is -0.507 e. The Kier molecular flexibility index (Phi) is 36.7. The van der Waals surface area contributed by atoms with Gasteiger partial charge in [-0.1, -0.05) is 94.4 Å². The number of rotatable bonds is 18. The lowest BCUT2D eigenvalue weighted by Gasteiger charge is -2.34. The van der Waals surface area contributed by atoms with Gasteiger partial charge in [0, 0.05) is 158 Å². The fourth-order valence-corrected chi connectivity index (χ4v) is 15.3. The van der Waals surface area contributed by atoms with E-state index >= 15 is 0 Å².